The van der Waals surface area contributed by atoms with Gasteiger partial charge < -0.3 is 5.11 Å². The van der Waals surface area contributed by atoms with Gasteiger partial charge in [-0.25, -0.2) is 0 Å². The highest BCUT2D eigenvalue weighted by atomic mass is 35.5. The van der Waals surface area contributed by atoms with E-state index in [1.165, 1.54) is 0 Å². The first-order valence-corrected chi connectivity index (χ1v) is 13.2. The van der Waals surface area contributed by atoms with Crippen LogP contribution >= 0.6 is 11.6 Å². The van der Waals surface area contributed by atoms with Gasteiger partial charge in [-0.1, -0.05) is 72.3 Å². The average Bonchev–Trinajstić information content (AvgIpc) is 3.47. The van der Waals surface area contributed by atoms with Crippen LogP contribution in [0, 0.1) is 17.8 Å². The second-order valence-corrected chi connectivity index (χ2v) is 10.7. The van der Waals surface area contributed by atoms with Crippen molar-refractivity contribution >= 4 is 45.9 Å². The fourth-order valence-electron chi connectivity index (χ4n) is 6.01. The first-order chi connectivity index (χ1) is 18.8. The summed E-state index contributed by atoms with van der Waals surface area (Å²) in [7, 11) is 0. The summed E-state index contributed by atoms with van der Waals surface area (Å²) in [5, 5.41) is 12.5. The molecule has 0 spiro atoms. The predicted molar refractivity (Wildman–Crippen MR) is 148 cm³/mol. The summed E-state index contributed by atoms with van der Waals surface area (Å²) in [6.45, 7) is -0.0288. The van der Waals surface area contributed by atoms with Crippen LogP contribution < -0.4 is 0 Å². The van der Waals surface area contributed by atoms with Crippen LogP contribution in [-0.4, -0.2) is 40.1 Å². The number of amides is 2. The predicted octanol–water partition coefficient (Wildman–Crippen LogP) is 6.37. The van der Waals surface area contributed by atoms with Gasteiger partial charge in [0.15, 0.2) is 5.78 Å². The third-order valence-corrected chi connectivity index (χ3v) is 8.26. The Morgan fingerprint density at radius 1 is 0.795 bits per heavy atom. The Hall–Kier alpha value is -4.29. The summed E-state index contributed by atoms with van der Waals surface area (Å²) >= 11 is 5.97. The Labute approximate surface area is 229 Å². The molecule has 1 aliphatic heterocycles. The van der Waals surface area contributed by atoms with E-state index >= 15 is 0 Å². The van der Waals surface area contributed by atoms with E-state index in [4.69, 9.17) is 11.6 Å². The van der Waals surface area contributed by atoms with Gasteiger partial charge in [-0.2, -0.15) is 0 Å². The van der Waals surface area contributed by atoms with E-state index in [2.05, 4.69) is 0 Å². The smallest absolute Gasteiger partial charge is 0.307 e. The fraction of sp³-hybridized carbons (Fsp3) is 0.188. The standard InChI is InChI=1S/C32H24ClNO5/c33-24-12-9-19(10-13-24)18-5-7-20(8-6-18)29(35)25-14-11-23(28(25)32(38)39)17-34-30(36)26-15-21-3-1-2-4-22(21)16-27(26)31(34)37/h1-10,12-13,15-16,23,25,28H,11,14,17H2,(H,38,39)/t23-,25-,28-/m0/s1. The number of nitrogens with zero attached hydrogens (tertiary/aromatic N) is 1. The molecule has 0 aromatic heterocycles. The zero-order valence-corrected chi connectivity index (χ0v) is 21.6. The van der Waals surface area contributed by atoms with E-state index in [0.717, 1.165) is 26.8 Å². The van der Waals surface area contributed by atoms with Crippen LogP contribution in [0.15, 0.2) is 84.9 Å². The molecule has 2 aliphatic rings. The largest absolute Gasteiger partial charge is 0.481 e. The molecule has 3 atom stereocenters. The minimum absolute atomic E-state index is 0.0288. The molecule has 1 aliphatic carbocycles. The quantitative estimate of drug-likeness (QED) is 0.228. The lowest BCUT2D eigenvalue weighted by Gasteiger charge is -2.24. The second kappa shape index (κ2) is 9.79. The number of carboxylic acids is 1. The summed E-state index contributed by atoms with van der Waals surface area (Å²) in [6, 6.07) is 25.4. The maximum absolute atomic E-state index is 13.5. The average molecular weight is 538 g/mol. The molecule has 2 amide bonds. The summed E-state index contributed by atoms with van der Waals surface area (Å²) < 4.78 is 0. The number of ketones is 1. The van der Waals surface area contributed by atoms with Gasteiger partial charge >= 0.3 is 5.97 Å². The maximum Gasteiger partial charge on any atom is 0.307 e. The van der Waals surface area contributed by atoms with Crippen molar-refractivity contribution in [1.29, 1.82) is 0 Å². The molecule has 39 heavy (non-hydrogen) atoms. The molecule has 0 bridgehead atoms. The lowest BCUT2D eigenvalue weighted by atomic mass is 9.84. The summed E-state index contributed by atoms with van der Waals surface area (Å²) in [6.07, 6.45) is 0.818. The van der Waals surface area contributed by atoms with E-state index in [-0.39, 0.29) is 12.3 Å². The van der Waals surface area contributed by atoms with Gasteiger partial charge in [0.05, 0.1) is 17.0 Å². The maximum atomic E-state index is 13.5. The van der Waals surface area contributed by atoms with Crippen molar-refractivity contribution in [3.05, 3.63) is 107 Å². The molecule has 1 saturated carbocycles. The number of hydrogen-bond donors (Lipinski definition) is 1. The molecule has 0 unspecified atom stereocenters. The molecular weight excluding hydrogens is 514 g/mol. The van der Waals surface area contributed by atoms with Crippen molar-refractivity contribution < 1.29 is 24.3 Å². The van der Waals surface area contributed by atoms with Gasteiger partial charge in [0.1, 0.15) is 0 Å². The number of aliphatic carboxylic acids is 1. The highest BCUT2D eigenvalue weighted by Gasteiger charge is 2.47. The van der Waals surface area contributed by atoms with E-state index in [9.17, 15) is 24.3 Å². The molecule has 1 heterocycles. The molecule has 7 heteroatoms. The number of Topliss-reactive ketones (excluding diaryl/α,β-unsaturated/α-hetero) is 1. The SMILES string of the molecule is O=C(O)[C@H]1[C@H](CN2C(=O)c3cc4ccccc4cc3C2=O)CC[C@@H]1C(=O)c1ccc(-c2ccc(Cl)cc2)cc1. The third-order valence-electron chi connectivity index (χ3n) is 8.01. The normalized spacial score (nSPS) is 20.4. The van der Waals surface area contributed by atoms with Crippen LogP contribution in [0.25, 0.3) is 21.9 Å². The van der Waals surface area contributed by atoms with Crippen LogP contribution in [0.5, 0.6) is 0 Å². The van der Waals surface area contributed by atoms with Gasteiger partial charge in [-0.3, -0.25) is 24.1 Å². The number of imide groups is 1. The minimum Gasteiger partial charge on any atom is -0.481 e. The molecular formula is C32H24ClNO5. The molecule has 194 valence electrons. The van der Waals surface area contributed by atoms with Crippen LogP contribution in [0.1, 0.15) is 43.9 Å². The first kappa shape index (κ1) is 25.0. The number of rotatable bonds is 6. The molecule has 4 aromatic carbocycles. The van der Waals surface area contributed by atoms with Crippen molar-refractivity contribution in [3.63, 3.8) is 0 Å². The van der Waals surface area contributed by atoms with Crippen molar-refractivity contribution in [3.8, 4) is 11.1 Å². The summed E-state index contributed by atoms with van der Waals surface area (Å²) in [5.41, 5.74) is 2.98. The van der Waals surface area contributed by atoms with E-state index in [1.807, 2.05) is 48.5 Å². The summed E-state index contributed by atoms with van der Waals surface area (Å²) in [5.74, 6) is -4.39. The van der Waals surface area contributed by atoms with Crippen LogP contribution in [0.3, 0.4) is 0 Å². The molecule has 4 aromatic rings. The van der Waals surface area contributed by atoms with Gasteiger partial charge in [-0.15, -0.1) is 0 Å². The van der Waals surface area contributed by atoms with Gasteiger partial charge in [0.2, 0.25) is 0 Å². The van der Waals surface area contributed by atoms with Gasteiger partial charge in [-0.05, 0) is 64.9 Å². The van der Waals surface area contributed by atoms with Gasteiger partial charge in [0.25, 0.3) is 11.8 Å². The number of halogens is 1. The lowest BCUT2D eigenvalue weighted by Crippen LogP contribution is -2.39. The molecule has 0 saturated heterocycles. The minimum atomic E-state index is -1.09. The Kier molecular flexibility index (Phi) is 6.28. The zero-order chi connectivity index (χ0) is 27.3. The van der Waals surface area contributed by atoms with Crippen LogP contribution in [-0.2, 0) is 4.79 Å². The van der Waals surface area contributed by atoms with Crippen LogP contribution in [0.2, 0.25) is 5.02 Å². The highest BCUT2D eigenvalue weighted by Crippen LogP contribution is 2.41. The monoisotopic (exact) mass is 537 g/mol. The topological polar surface area (TPSA) is 91.8 Å². The van der Waals surface area contributed by atoms with Crippen LogP contribution in [0.4, 0.5) is 0 Å². The van der Waals surface area contributed by atoms with Crippen molar-refractivity contribution in [2.75, 3.05) is 6.54 Å². The fourth-order valence-corrected chi connectivity index (χ4v) is 6.14. The van der Waals surface area contributed by atoms with Crippen molar-refractivity contribution in [2.24, 2.45) is 17.8 Å². The van der Waals surface area contributed by atoms with Crippen molar-refractivity contribution in [1.82, 2.24) is 4.90 Å². The Bertz CT molecular complexity index is 1590. The van der Waals surface area contributed by atoms with E-state index in [0.29, 0.717) is 34.6 Å². The number of benzene rings is 4. The van der Waals surface area contributed by atoms with Crippen molar-refractivity contribution in [2.45, 2.75) is 12.8 Å². The molecule has 0 radical (unpaired) electrons. The van der Waals surface area contributed by atoms with E-state index < -0.39 is 35.5 Å². The Morgan fingerprint density at radius 3 is 1.87 bits per heavy atom. The van der Waals surface area contributed by atoms with Gasteiger partial charge in [0, 0.05) is 23.0 Å². The second-order valence-electron chi connectivity index (χ2n) is 10.2. The Balaban J connectivity index is 1.21. The number of hydrogen-bond acceptors (Lipinski definition) is 4. The molecule has 6 nitrogen and oxygen atoms in total. The molecule has 1 fully saturated rings. The van der Waals surface area contributed by atoms with E-state index in [1.54, 1.807) is 36.4 Å². The zero-order valence-electron chi connectivity index (χ0n) is 20.8. The first-order valence-electron chi connectivity index (χ1n) is 12.8. The lowest BCUT2D eigenvalue weighted by molar-refractivity contribution is -0.144. The highest BCUT2D eigenvalue weighted by molar-refractivity contribution is 6.30. The third kappa shape index (κ3) is 4.41. The summed E-state index contributed by atoms with van der Waals surface area (Å²) in [4.78, 5) is 53.4. The number of carbonyl (C=O) groups is 4. The number of fused-ring (bicyclic) bond motifs is 2. The molecule has 1 N–H and O–H groups in total. The number of carboxylic acid groups (broad SMARTS) is 1. The Morgan fingerprint density at radius 2 is 1.33 bits per heavy atom. The molecule has 6 rings (SSSR count). The number of carbonyl (C=O) groups excluding carboxylic acids is 3.